The molecule has 0 aliphatic heterocycles. The van der Waals surface area contributed by atoms with Gasteiger partial charge in [0.15, 0.2) is 0 Å². The Balaban J connectivity index is 0. The van der Waals surface area contributed by atoms with Gasteiger partial charge in [-0.2, -0.15) is 4.29 Å². The molecule has 0 fully saturated rings. The van der Waals surface area contributed by atoms with Gasteiger partial charge < -0.3 is 4.79 Å². The van der Waals surface area contributed by atoms with Gasteiger partial charge in [0.25, 0.3) is 0 Å². The van der Waals surface area contributed by atoms with Crippen LogP contribution in [0.25, 0.3) is 0 Å². The van der Waals surface area contributed by atoms with Crippen molar-refractivity contribution in [3.8, 4) is 0 Å². The smallest absolute Gasteiger partial charge is 0.531 e. The molecule has 3 heteroatoms. The number of hydrogen-bond donors (Lipinski definition) is 0. The fourth-order valence-electron chi connectivity index (χ4n) is 0. The zero-order chi connectivity index (χ0) is 2.71. The van der Waals surface area contributed by atoms with Crippen LogP contribution < -0.4 is 0 Å². The zero-order valence-corrected chi connectivity index (χ0v) is 5.54. The fourth-order valence-corrected chi connectivity index (χ4v) is 0. The van der Waals surface area contributed by atoms with Crippen LogP contribution in [0.15, 0.2) is 0 Å². The van der Waals surface area contributed by atoms with Crippen LogP contribution in [0.3, 0.4) is 0 Å². The van der Waals surface area contributed by atoms with Crippen LogP contribution in [0.1, 0.15) is 0 Å². The molecule has 1 radical (unpaired) electrons. The molecule has 0 heterocycles. The second kappa shape index (κ2) is 8.98. The van der Waals surface area contributed by atoms with E-state index in [4.69, 9.17) is 4.79 Å². The summed E-state index contributed by atoms with van der Waals surface area (Å²) in [5.74, 6) is 0. The van der Waals surface area contributed by atoms with Crippen molar-refractivity contribution < 1.29 is 24.3 Å². The van der Waals surface area contributed by atoms with E-state index in [1.54, 1.807) is 0 Å². The first kappa shape index (κ1) is 8.90. The Morgan fingerprint density at radius 1 is 1.75 bits per heavy atom. The number of hydrogen-bond acceptors (Lipinski definition) is 1. The van der Waals surface area contributed by atoms with Crippen molar-refractivity contribution in [2.75, 3.05) is 0 Å². The van der Waals surface area contributed by atoms with Gasteiger partial charge in [-0.15, -0.1) is 0 Å². The third kappa shape index (κ3) is 11.8. The summed E-state index contributed by atoms with van der Waals surface area (Å²) in [4.78, 5) is 8.67. The summed E-state index contributed by atoms with van der Waals surface area (Å²) in [5.41, 5.74) is 0. The van der Waals surface area contributed by atoms with Crippen LogP contribution in [-0.4, -0.2) is 4.29 Å². The van der Waals surface area contributed by atoms with Gasteiger partial charge in [0.2, 0.25) is 0 Å². The third-order valence-corrected chi connectivity index (χ3v) is 0. The molecule has 0 bridgehead atoms. The topological polar surface area (TPSA) is 17.1 Å². The molecule has 0 atom stereocenters. The second-order valence-corrected chi connectivity index (χ2v) is 0.518. The molecule has 4 heavy (non-hydrogen) atoms. The monoisotopic (exact) mass is 257 g/mol. The van der Waals surface area contributed by atoms with Gasteiger partial charge in [0.05, 0.1) is 0 Å². The SMILES string of the molecule is O=[C-]I.[Ru+]. The maximum atomic E-state index is 8.67. The van der Waals surface area contributed by atoms with Gasteiger partial charge in [-0.25, -0.2) is 0 Å². The van der Waals surface area contributed by atoms with Gasteiger partial charge in [-0.3, -0.25) is 22.6 Å². The Hall–Kier alpha value is 1.02. The molecule has 0 saturated carbocycles. The first-order valence-corrected chi connectivity index (χ1v) is 1.47. The van der Waals surface area contributed by atoms with Crippen LogP contribution in [-0.2, 0) is 24.3 Å². The zero-order valence-electron chi connectivity index (χ0n) is 1.64. The molecule has 0 spiro atoms. The summed E-state index contributed by atoms with van der Waals surface area (Å²) in [6.45, 7) is 0. The van der Waals surface area contributed by atoms with Crippen molar-refractivity contribution in [3.63, 3.8) is 0 Å². The number of halogens is 1. The number of carbonyl (C=O) groups excluding carboxylic acids is 1. The first-order chi connectivity index (χ1) is 1.41. The Morgan fingerprint density at radius 3 is 1.75 bits per heavy atom. The Kier molecular flexibility index (Phi) is 20.0. The summed E-state index contributed by atoms with van der Waals surface area (Å²) >= 11 is 1.48. The largest absolute Gasteiger partial charge is 1.00 e. The molecular formula is CIORu. The third-order valence-electron chi connectivity index (χ3n) is 0. The second-order valence-electron chi connectivity index (χ2n) is 0.0772. The molecule has 0 saturated heterocycles. The standard InChI is InChI=1S/CIO.Ru/c2-1-3;/q-1;+1. The van der Waals surface area contributed by atoms with Gasteiger partial charge in [-0.1, -0.05) is 0 Å². The molecule has 0 rings (SSSR count). The number of rotatable bonds is 0. The van der Waals surface area contributed by atoms with Crippen LogP contribution in [0.4, 0.5) is 0 Å². The van der Waals surface area contributed by atoms with Gasteiger partial charge in [0.1, 0.15) is 0 Å². The average Bonchev–Trinajstić information content (AvgIpc) is 0.918. The molecule has 0 aromatic carbocycles. The van der Waals surface area contributed by atoms with E-state index in [9.17, 15) is 0 Å². The summed E-state index contributed by atoms with van der Waals surface area (Å²) < 4.78 is 1.47. The normalized spacial score (nSPS) is 3.25. The predicted molar refractivity (Wildman–Crippen MR) is 19.7 cm³/mol. The van der Waals surface area contributed by atoms with Crippen molar-refractivity contribution in [2.45, 2.75) is 0 Å². The molecule has 0 unspecified atom stereocenters. The van der Waals surface area contributed by atoms with Crippen LogP contribution in [0, 0.1) is 0 Å². The molecule has 0 N–H and O–H groups in total. The van der Waals surface area contributed by atoms with Crippen LogP contribution in [0.2, 0.25) is 0 Å². The minimum absolute atomic E-state index is 0. The van der Waals surface area contributed by atoms with E-state index < -0.39 is 0 Å². The minimum Gasteiger partial charge on any atom is -0.531 e. The van der Waals surface area contributed by atoms with Gasteiger partial charge >= 0.3 is 19.5 Å². The Morgan fingerprint density at radius 2 is 1.75 bits per heavy atom. The van der Waals surface area contributed by atoms with E-state index in [-0.39, 0.29) is 19.5 Å². The van der Waals surface area contributed by atoms with Crippen LogP contribution in [0.5, 0.6) is 0 Å². The molecule has 0 aromatic rings. The molecule has 0 aliphatic rings. The summed E-state index contributed by atoms with van der Waals surface area (Å²) in [6.07, 6.45) is 0. The van der Waals surface area contributed by atoms with Crippen LogP contribution >= 0.6 is 22.6 Å². The van der Waals surface area contributed by atoms with Gasteiger partial charge in [0, 0.05) is 0 Å². The molecule has 1 nitrogen and oxygen atoms in total. The van der Waals surface area contributed by atoms with E-state index in [1.165, 1.54) is 26.9 Å². The predicted octanol–water partition coefficient (Wildman–Crippen LogP) is 0.486. The van der Waals surface area contributed by atoms with Crippen molar-refractivity contribution in [2.24, 2.45) is 0 Å². The average molecular weight is 256 g/mol. The van der Waals surface area contributed by atoms with Crippen molar-refractivity contribution in [1.29, 1.82) is 0 Å². The van der Waals surface area contributed by atoms with E-state index in [0.717, 1.165) is 0 Å². The van der Waals surface area contributed by atoms with Crippen molar-refractivity contribution >= 4 is 26.9 Å². The Labute approximate surface area is 51.0 Å². The quantitative estimate of drug-likeness (QED) is 0.267. The maximum absolute atomic E-state index is 8.67. The van der Waals surface area contributed by atoms with E-state index >= 15 is 0 Å². The van der Waals surface area contributed by atoms with E-state index in [1.807, 2.05) is 0 Å². The first-order valence-electron chi connectivity index (χ1n) is 0.393. The molecule has 0 amide bonds. The van der Waals surface area contributed by atoms with E-state index in [2.05, 4.69) is 0 Å². The Bertz CT molecular complexity index is 15.5. The summed E-state index contributed by atoms with van der Waals surface area (Å²) in [6, 6.07) is 0. The fraction of sp³-hybridized carbons (Fsp3) is 0. The van der Waals surface area contributed by atoms with Gasteiger partial charge in [-0.05, 0) is 0 Å². The minimum atomic E-state index is 0. The molecular weight excluding hydrogens is 256 g/mol. The molecule has 0 aromatic heterocycles. The van der Waals surface area contributed by atoms with Crippen molar-refractivity contribution in [3.05, 3.63) is 0 Å². The molecule has 25 valence electrons. The van der Waals surface area contributed by atoms with E-state index in [0.29, 0.717) is 0 Å². The maximum Gasteiger partial charge on any atom is 1.00 e. The summed E-state index contributed by atoms with van der Waals surface area (Å²) in [7, 11) is 0. The van der Waals surface area contributed by atoms with Crippen molar-refractivity contribution in [1.82, 2.24) is 0 Å². The molecule has 0 aliphatic carbocycles. The summed E-state index contributed by atoms with van der Waals surface area (Å²) in [5, 5.41) is 0.